The molecule has 0 heterocycles. The van der Waals surface area contributed by atoms with Gasteiger partial charge in [0.1, 0.15) is 6.04 Å². The van der Waals surface area contributed by atoms with E-state index in [1.165, 1.54) is 11.1 Å². The number of fused-ring (bicyclic) bond motifs is 1. The van der Waals surface area contributed by atoms with Crippen molar-refractivity contribution in [2.45, 2.75) is 24.9 Å². The van der Waals surface area contributed by atoms with Crippen LogP contribution in [-0.2, 0) is 17.6 Å². The van der Waals surface area contributed by atoms with Gasteiger partial charge in [0.25, 0.3) is 0 Å². The van der Waals surface area contributed by atoms with Crippen molar-refractivity contribution >= 4 is 5.97 Å². The van der Waals surface area contributed by atoms with Crippen LogP contribution >= 0.6 is 0 Å². The van der Waals surface area contributed by atoms with Crippen molar-refractivity contribution in [1.29, 1.82) is 0 Å². The highest BCUT2D eigenvalue weighted by Gasteiger charge is 2.27. The minimum absolute atomic E-state index is 0.189. The lowest BCUT2D eigenvalue weighted by atomic mass is 10.1. The van der Waals surface area contributed by atoms with Crippen LogP contribution in [0.2, 0.25) is 0 Å². The van der Waals surface area contributed by atoms with E-state index in [1.807, 2.05) is 42.5 Å². The number of nitrogens with one attached hydrogen (secondary N) is 1. The molecule has 2 aromatic rings. The summed E-state index contributed by atoms with van der Waals surface area (Å²) in [5, 5.41) is 12.7. The van der Waals surface area contributed by atoms with Gasteiger partial charge in [-0.3, -0.25) is 10.1 Å². The first kappa shape index (κ1) is 12.9. The van der Waals surface area contributed by atoms with Crippen molar-refractivity contribution in [3.8, 4) is 0 Å². The average molecular weight is 267 g/mol. The van der Waals surface area contributed by atoms with Crippen LogP contribution in [-0.4, -0.2) is 17.1 Å². The summed E-state index contributed by atoms with van der Waals surface area (Å²) in [6.07, 6.45) is 1.79. The first-order chi connectivity index (χ1) is 9.74. The van der Waals surface area contributed by atoms with Crippen LogP contribution in [0.5, 0.6) is 0 Å². The Morgan fingerprint density at radius 3 is 2.10 bits per heavy atom. The molecule has 102 valence electrons. The molecule has 3 nitrogen and oxygen atoms in total. The summed E-state index contributed by atoms with van der Waals surface area (Å²) in [7, 11) is 0. The number of aliphatic carboxylic acids is 1. The van der Waals surface area contributed by atoms with Crippen LogP contribution in [0.4, 0.5) is 0 Å². The monoisotopic (exact) mass is 267 g/mol. The van der Waals surface area contributed by atoms with Crippen molar-refractivity contribution in [2.24, 2.45) is 0 Å². The minimum atomic E-state index is -0.827. The third-order valence-corrected chi connectivity index (χ3v) is 3.83. The number of carbonyl (C=O) groups is 1. The predicted molar refractivity (Wildman–Crippen MR) is 77.6 cm³/mol. The van der Waals surface area contributed by atoms with E-state index >= 15 is 0 Å². The third-order valence-electron chi connectivity index (χ3n) is 3.83. The standard InChI is InChI=1S/C17H17NO2/c19-17(20)16(12-6-2-1-3-7-12)18-15-10-13-8-4-5-9-14(13)11-15/h1-9,15-16,18H,10-11H2,(H,19,20). The molecular weight excluding hydrogens is 250 g/mol. The maximum Gasteiger partial charge on any atom is 0.325 e. The summed E-state index contributed by atoms with van der Waals surface area (Å²) in [6, 6.07) is 17.2. The van der Waals surface area contributed by atoms with Crippen LogP contribution < -0.4 is 5.32 Å². The minimum Gasteiger partial charge on any atom is -0.480 e. The lowest BCUT2D eigenvalue weighted by Crippen LogP contribution is -2.37. The molecule has 0 aliphatic heterocycles. The fraction of sp³-hybridized carbons (Fsp3) is 0.235. The zero-order chi connectivity index (χ0) is 13.9. The lowest BCUT2D eigenvalue weighted by Gasteiger charge is -2.19. The number of benzene rings is 2. The van der Waals surface area contributed by atoms with Gasteiger partial charge in [-0.05, 0) is 29.5 Å². The van der Waals surface area contributed by atoms with Crippen molar-refractivity contribution in [1.82, 2.24) is 5.32 Å². The molecule has 1 atom stereocenters. The van der Waals surface area contributed by atoms with E-state index in [9.17, 15) is 9.90 Å². The molecule has 0 fully saturated rings. The molecule has 1 aliphatic carbocycles. The first-order valence-corrected chi connectivity index (χ1v) is 6.84. The summed E-state index contributed by atoms with van der Waals surface area (Å²) < 4.78 is 0. The van der Waals surface area contributed by atoms with E-state index in [4.69, 9.17) is 0 Å². The summed E-state index contributed by atoms with van der Waals surface area (Å²) >= 11 is 0. The summed E-state index contributed by atoms with van der Waals surface area (Å²) in [5.74, 6) is -0.827. The average Bonchev–Trinajstić information content (AvgIpc) is 2.88. The highest BCUT2D eigenvalue weighted by molar-refractivity contribution is 5.75. The maximum atomic E-state index is 11.5. The number of carboxylic acid groups (broad SMARTS) is 1. The topological polar surface area (TPSA) is 49.3 Å². The number of hydrogen-bond acceptors (Lipinski definition) is 2. The highest BCUT2D eigenvalue weighted by atomic mass is 16.4. The number of hydrogen-bond donors (Lipinski definition) is 2. The number of carboxylic acids is 1. The van der Waals surface area contributed by atoms with Gasteiger partial charge in [-0.15, -0.1) is 0 Å². The molecule has 0 saturated carbocycles. The Bertz CT molecular complexity index is 584. The molecule has 2 N–H and O–H groups in total. The van der Waals surface area contributed by atoms with Crippen LogP contribution in [0, 0.1) is 0 Å². The Labute approximate surface area is 118 Å². The van der Waals surface area contributed by atoms with Gasteiger partial charge in [0.15, 0.2) is 0 Å². The van der Waals surface area contributed by atoms with Crippen molar-refractivity contribution < 1.29 is 9.90 Å². The zero-order valence-corrected chi connectivity index (χ0v) is 11.1. The quantitative estimate of drug-likeness (QED) is 0.895. The molecular formula is C17H17NO2. The Hall–Kier alpha value is -2.13. The van der Waals surface area contributed by atoms with Gasteiger partial charge < -0.3 is 5.11 Å². The van der Waals surface area contributed by atoms with Crippen LogP contribution in [0.3, 0.4) is 0 Å². The van der Waals surface area contributed by atoms with Crippen LogP contribution in [0.25, 0.3) is 0 Å². The fourth-order valence-corrected chi connectivity index (χ4v) is 2.87. The summed E-state index contributed by atoms with van der Waals surface area (Å²) in [6.45, 7) is 0. The summed E-state index contributed by atoms with van der Waals surface area (Å²) in [5.41, 5.74) is 3.44. The third kappa shape index (κ3) is 2.58. The van der Waals surface area contributed by atoms with Gasteiger partial charge in [0, 0.05) is 6.04 Å². The molecule has 3 rings (SSSR count). The van der Waals surface area contributed by atoms with E-state index in [-0.39, 0.29) is 6.04 Å². The molecule has 0 saturated heterocycles. The van der Waals surface area contributed by atoms with Gasteiger partial charge in [-0.25, -0.2) is 0 Å². The van der Waals surface area contributed by atoms with Crippen LogP contribution in [0.1, 0.15) is 22.7 Å². The molecule has 0 radical (unpaired) electrons. The second-order valence-electron chi connectivity index (χ2n) is 5.22. The SMILES string of the molecule is O=C(O)C(NC1Cc2ccccc2C1)c1ccccc1. The van der Waals surface area contributed by atoms with E-state index in [1.54, 1.807) is 0 Å². The second kappa shape index (κ2) is 5.47. The van der Waals surface area contributed by atoms with Crippen LogP contribution in [0.15, 0.2) is 54.6 Å². The molecule has 1 aliphatic rings. The van der Waals surface area contributed by atoms with E-state index < -0.39 is 12.0 Å². The Morgan fingerprint density at radius 1 is 1.00 bits per heavy atom. The Kier molecular flexibility index (Phi) is 3.52. The zero-order valence-electron chi connectivity index (χ0n) is 11.1. The van der Waals surface area contributed by atoms with Crippen molar-refractivity contribution in [3.63, 3.8) is 0 Å². The molecule has 0 spiro atoms. The highest BCUT2D eigenvalue weighted by Crippen LogP contribution is 2.24. The Morgan fingerprint density at radius 2 is 1.55 bits per heavy atom. The molecule has 0 aromatic heterocycles. The van der Waals surface area contributed by atoms with Gasteiger partial charge in [-0.1, -0.05) is 54.6 Å². The maximum absolute atomic E-state index is 11.5. The van der Waals surface area contributed by atoms with E-state index in [0.717, 1.165) is 18.4 Å². The largest absolute Gasteiger partial charge is 0.480 e. The van der Waals surface area contributed by atoms with Crippen molar-refractivity contribution in [3.05, 3.63) is 71.3 Å². The van der Waals surface area contributed by atoms with Gasteiger partial charge in [0.2, 0.25) is 0 Å². The summed E-state index contributed by atoms with van der Waals surface area (Å²) in [4.78, 5) is 11.5. The molecule has 3 heteroatoms. The molecule has 20 heavy (non-hydrogen) atoms. The van der Waals surface area contributed by atoms with E-state index in [0.29, 0.717) is 0 Å². The first-order valence-electron chi connectivity index (χ1n) is 6.84. The van der Waals surface area contributed by atoms with Gasteiger partial charge >= 0.3 is 5.97 Å². The van der Waals surface area contributed by atoms with Crippen molar-refractivity contribution in [2.75, 3.05) is 0 Å². The molecule has 1 unspecified atom stereocenters. The predicted octanol–water partition coefficient (Wildman–Crippen LogP) is 2.57. The normalized spacial score (nSPS) is 15.8. The second-order valence-corrected chi connectivity index (χ2v) is 5.22. The molecule has 0 bridgehead atoms. The van der Waals surface area contributed by atoms with E-state index in [2.05, 4.69) is 17.4 Å². The Balaban J connectivity index is 1.75. The smallest absolute Gasteiger partial charge is 0.325 e. The lowest BCUT2D eigenvalue weighted by molar-refractivity contribution is -0.139. The molecule has 0 amide bonds. The number of rotatable bonds is 4. The fourth-order valence-electron chi connectivity index (χ4n) is 2.87. The molecule has 2 aromatic carbocycles. The van der Waals surface area contributed by atoms with Gasteiger partial charge in [-0.2, -0.15) is 0 Å². The van der Waals surface area contributed by atoms with Gasteiger partial charge in [0.05, 0.1) is 0 Å².